The average Bonchev–Trinajstić information content (AvgIpc) is 2.05. The van der Waals surface area contributed by atoms with E-state index in [0.29, 0.717) is 5.92 Å². The van der Waals surface area contributed by atoms with Crippen molar-refractivity contribution in [1.82, 2.24) is 0 Å². The molecule has 0 bridgehead atoms. The summed E-state index contributed by atoms with van der Waals surface area (Å²) in [6.45, 7) is 6.36. The van der Waals surface area contributed by atoms with Crippen molar-refractivity contribution >= 4 is 5.71 Å². The molecule has 0 heterocycles. The summed E-state index contributed by atoms with van der Waals surface area (Å²) >= 11 is 0. The third kappa shape index (κ3) is 1.37. The van der Waals surface area contributed by atoms with E-state index in [0.717, 1.165) is 12.1 Å². The van der Waals surface area contributed by atoms with Crippen molar-refractivity contribution in [2.45, 2.75) is 33.1 Å². The summed E-state index contributed by atoms with van der Waals surface area (Å²) in [6.07, 6.45) is 1.06. The molecule has 14 heavy (non-hydrogen) atoms. The minimum atomic E-state index is 0.0121. The highest BCUT2D eigenvalue weighted by molar-refractivity contribution is 5.94. The lowest BCUT2D eigenvalue weighted by molar-refractivity contribution is 0.546. The molecule has 1 aliphatic rings. The number of rotatable bonds is 1. The summed E-state index contributed by atoms with van der Waals surface area (Å²) in [6, 6.07) is 8.47. The van der Waals surface area contributed by atoms with Crippen LogP contribution in [-0.2, 0) is 6.42 Å². The number of fused-ring (bicyclic) bond motifs is 1. The van der Waals surface area contributed by atoms with Gasteiger partial charge in [-0.1, -0.05) is 45.0 Å². The summed E-state index contributed by atoms with van der Waals surface area (Å²) in [5.41, 5.74) is 3.67. The van der Waals surface area contributed by atoms with Crippen LogP contribution in [0.1, 0.15) is 37.8 Å². The second-order valence-electron chi connectivity index (χ2n) is 5.12. The molecule has 74 valence electrons. The Morgan fingerprint density at radius 3 is 2.50 bits per heavy atom. The topological polar surface area (TPSA) is 23.9 Å². The van der Waals surface area contributed by atoms with Gasteiger partial charge in [0, 0.05) is 17.0 Å². The number of hydrogen-bond donors (Lipinski definition) is 1. The molecule has 1 atom stereocenters. The molecule has 0 aliphatic heterocycles. The fraction of sp³-hybridized carbons (Fsp3) is 0.462. The highest BCUT2D eigenvalue weighted by Crippen LogP contribution is 2.39. The predicted octanol–water partition coefficient (Wildman–Crippen LogP) is 3.39. The Balaban J connectivity index is 2.24. The van der Waals surface area contributed by atoms with E-state index in [2.05, 4.69) is 45.0 Å². The molecule has 1 N–H and O–H groups in total. The van der Waals surface area contributed by atoms with E-state index >= 15 is 0 Å². The minimum Gasteiger partial charge on any atom is -0.308 e. The Morgan fingerprint density at radius 1 is 1.29 bits per heavy atom. The van der Waals surface area contributed by atoms with Gasteiger partial charge in [0.05, 0.1) is 0 Å². The molecule has 0 saturated carbocycles. The van der Waals surface area contributed by atoms with E-state index in [4.69, 9.17) is 5.41 Å². The molecule has 0 aromatic heterocycles. The maximum absolute atomic E-state index is 8.13. The molecular weight excluding hydrogens is 170 g/mol. The first-order valence-corrected chi connectivity index (χ1v) is 5.17. The van der Waals surface area contributed by atoms with Gasteiger partial charge in [0.1, 0.15) is 0 Å². The SMILES string of the molecule is CC(C)(C)C(=N)C1Cc2ccccc21. The van der Waals surface area contributed by atoms with Gasteiger partial charge in [-0.2, -0.15) is 0 Å². The van der Waals surface area contributed by atoms with Crippen LogP contribution in [0.25, 0.3) is 0 Å². The second-order valence-corrected chi connectivity index (χ2v) is 5.12. The maximum atomic E-state index is 8.13. The van der Waals surface area contributed by atoms with Crippen LogP contribution in [0.5, 0.6) is 0 Å². The Labute approximate surface area is 85.7 Å². The van der Waals surface area contributed by atoms with Crippen molar-refractivity contribution in [3.63, 3.8) is 0 Å². The molecule has 0 amide bonds. The smallest absolute Gasteiger partial charge is 0.0265 e. The largest absolute Gasteiger partial charge is 0.308 e. The average molecular weight is 187 g/mol. The molecule has 1 aliphatic carbocycles. The van der Waals surface area contributed by atoms with Crippen LogP contribution >= 0.6 is 0 Å². The van der Waals surface area contributed by atoms with Gasteiger partial charge in [0.15, 0.2) is 0 Å². The van der Waals surface area contributed by atoms with Crippen LogP contribution in [0, 0.1) is 10.8 Å². The standard InChI is InChI=1S/C13H17N/c1-13(2,3)12(14)11-8-9-6-4-5-7-10(9)11/h4-7,11,14H,8H2,1-3H3. The summed E-state index contributed by atoms with van der Waals surface area (Å²) in [4.78, 5) is 0. The molecular formula is C13H17N. The molecule has 1 aromatic carbocycles. The Kier molecular flexibility index (Phi) is 1.99. The fourth-order valence-corrected chi connectivity index (χ4v) is 2.04. The van der Waals surface area contributed by atoms with Crippen LogP contribution in [0.3, 0.4) is 0 Å². The first kappa shape index (κ1) is 9.45. The summed E-state index contributed by atoms with van der Waals surface area (Å²) in [5.74, 6) is 0.381. The summed E-state index contributed by atoms with van der Waals surface area (Å²) < 4.78 is 0. The van der Waals surface area contributed by atoms with E-state index in [1.807, 2.05) is 0 Å². The zero-order valence-corrected chi connectivity index (χ0v) is 9.09. The first-order valence-electron chi connectivity index (χ1n) is 5.17. The van der Waals surface area contributed by atoms with Gasteiger partial charge in [-0.3, -0.25) is 0 Å². The lowest BCUT2D eigenvalue weighted by atomic mass is 9.69. The highest BCUT2D eigenvalue weighted by atomic mass is 14.5. The van der Waals surface area contributed by atoms with Gasteiger partial charge in [-0.05, 0) is 17.5 Å². The highest BCUT2D eigenvalue weighted by Gasteiger charge is 2.34. The molecule has 0 saturated heterocycles. The molecule has 1 aromatic rings. The first-order chi connectivity index (χ1) is 6.50. The van der Waals surface area contributed by atoms with E-state index in [1.165, 1.54) is 11.1 Å². The van der Waals surface area contributed by atoms with Crippen LogP contribution in [0.15, 0.2) is 24.3 Å². The molecule has 1 unspecified atom stereocenters. The zero-order valence-electron chi connectivity index (χ0n) is 9.09. The zero-order chi connectivity index (χ0) is 10.3. The lowest BCUT2D eigenvalue weighted by Gasteiger charge is -2.35. The van der Waals surface area contributed by atoms with Crippen molar-refractivity contribution in [2.75, 3.05) is 0 Å². The molecule has 0 radical (unpaired) electrons. The summed E-state index contributed by atoms with van der Waals surface area (Å²) in [7, 11) is 0. The van der Waals surface area contributed by atoms with Crippen LogP contribution in [0.4, 0.5) is 0 Å². The second kappa shape index (κ2) is 2.94. The van der Waals surface area contributed by atoms with Gasteiger partial charge >= 0.3 is 0 Å². The van der Waals surface area contributed by atoms with E-state index in [-0.39, 0.29) is 5.41 Å². The number of hydrogen-bond acceptors (Lipinski definition) is 1. The van der Waals surface area contributed by atoms with Gasteiger partial charge in [0.25, 0.3) is 0 Å². The normalized spacial score (nSPS) is 19.8. The molecule has 1 nitrogen and oxygen atoms in total. The predicted molar refractivity (Wildman–Crippen MR) is 60.1 cm³/mol. The Morgan fingerprint density at radius 2 is 1.93 bits per heavy atom. The third-order valence-electron chi connectivity index (χ3n) is 3.01. The Bertz CT molecular complexity index is 371. The van der Waals surface area contributed by atoms with Gasteiger partial charge in [-0.25, -0.2) is 0 Å². The molecule has 0 fully saturated rings. The van der Waals surface area contributed by atoms with Gasteiger partial charge in [0.2, 0.25) is 0 Å². The quantitative estimate of drug-likeness (QED) is 0.652. The monoisotopic (exact) mass is 187 g/mol. The van der Waals surface area contributed by atoms with Gasteiger partial charge in [-0.15, -0.1) is 0 Å². The van der Waals surface area contributed by atoms with Crippen LogP contribution < -0.4 is 0 Å². The number of benzene rings is 1. The van der Waals surface area contributed by atoms with Crippen LogP contribution in [-0.4, -0.2) is 5.71 Å². The van der Waals surface area contributed by atoms with Crippen molar-refractivity contribution in [1.29, 1.82) is 5.41 Å². The van der Waals surface area contributed by atoms with Gasteiger partial charge < -0.3 is 5.41 Å². The van der Waals surface area contributed by atoms with Crippen molar-refractivity contribution in [2.24, 2.45) is 5.41 Å². The van der Waals surface area contributed by atoms with E-state index in [9.17, 15) is 0 Å². The molecule has 0 spiro atoms. The van der Waals surface area contributed by atoms with Crippen molar-refractivity contribution in [3.8, 4) is 0 Å². The Hall–Kier alpha value is -1.11. The lowest BCUT2D eigenvalue weighted by Crippen LogP contribution is -2.33. The van der Waals surface area contributed by atoms with Crippen molar-refractivity contribution < 1.29 is 0 Å². The minimum absolute atomic E-state index is 0.0121. The molecule has 1 heteroatoms. The van der Waals surface area contributed by atoms with Crippen LogP contribution in [0.2, 0.25) is 0 Å². The molecule has 2 rings (SSSR count). The van der Waals surface area contributed by atoms with Crippen molar-refractivity contribution in [3.05, 3.63) is 35.4 Å². The van der Waals surface area contributed by atoms with E-state index < -0.39 is 0 Å². The maximum Gasteiger partial charge on any atom is 0.0265 e. The summed E-state index contributed by atoms with van der Waals surface area (Å²) in [5, 5.41) is 8.13. The fourth-order valence-electron chi connectivity index (χ4n) is 2.04. The van der Waals surface area contributed by atoms with E-state index in [1.54, 1.807) is 0 Å². The number of nitrogens with one attached hydrogen (secondary N) is 1. The third-order valence-corrected chi connectivity index (χ3v) is 3.01.